The quantitative estimate of drug-likeness (QED) is 0.771. The summed E-state index contributed by atoms with van der Waals surface area (Å²) in [6.45, 7) is 2.83. The minimum atomic E-state index is -1.12. The number of rotatable bonds is 4. The van der Waals surface area contributed by atoms with Crippen LogP contribution in [0.1, 0.15) is 21.7 Å². The van der Waals surface area contributed by atoms with Gasteiger partial charge in [-0.3, -0.25) is 9.59 Å². The van der Waals surface area contributed by atoms with Crippen LogP contribution in [0.15, 0.2) is 6.07 Å². The normalized spacial score (nSPS) is 9.61. The fourth-order valence-corrected chi connectivity index (χ4v) is 1.41. The minimum Gasteiger partial charge on any atom is -0.480 e. The molecule has 0 spiro atoms. The van der Waals surface area contributed by atoms with E-state index >= 15 is 0 Å². The molecular formula is C12H13N3O3. The standard InChI is InChI=1S/C12H13N3O3/c1-4-5-15(7-11(16)17)12(18)10-6-8(2)13-14-9(10)3/h1,6H,5,7H2,2-3H3,(H,16,17). The summed E-state index contributed by atoms with van der Waals surface area (Å²) >= 11 is 0. The summed E-state index contributed by atoms with van der Waals surface area (Å²) < 4.78 is 0. The van der Waals surface area contributed by atoms with E-state index < -0.39 is 18.4 Å². The highest BCUT2D eigenvalue weighted by Gasteiger charge is 2.20. The summed E-state index contributed by atoms with van der Waals surface area (Å²) in [5.74, 6) is 0.695. The predicted octanol–water partition coefficient (Wildman–Crippen LogP) is 0.253. The van der Waals surface area contributed by atoms with Crippen molar-refractivity contribution in [1.82, 2.24) is 15.1 Å². The first-order valence-corrected chi connectivity index (χ1v) is 5.21. The molecule has 18 heavy (non-hydrogen) atoms. The highest BCUT2D eigenvalue weighted by molar-refractivity contribution is 5.96. The van der Waals surface area contributed by atoms with Crippen LogP contribution in [-0.2, 0) is 4.79 Å². The first-order chi connectivity index (χ1) is 8.45. The van der Waals surface area contributed by atoms with Crippen LogP contribution in [0.3, 0.4) is 0 Å². The number of carbonyl (C=O) groups is 2. The SMILES string of the molecule is C#CCN(CC(=O)O)C(=O)c1cc(C)nnc1C. The molecule has 0 aromatic carbocycles. The lowest BCUT2D eigenvalue weighted by molar-refractivity contribution is -0.137. The molecule has 1 aromatic heterocycles. The predicted molar refractivity (Wildman–Crippen MR) is 63.9 cm³/mol. The third kappa shape index (κ3) is 3.28. The number of hydrogen-bond acceptors (Lipinski definition) is 4. The van der Waals surface area contributed by atoms with E-state index in [2.05, 4.69) is 16.1 Å². The van der Waals surface area contributed by atoms with Crippen LogP contribution in [0, 0.1) is 26.2 Å². The van der Waals surface area contributed by atoms with Crippen LogP contribution in [-0.4, -0.2) is 45.2 Å². The third-order valence-electron chi connectivity index (χ3n) is 2.23. The van der Waals surface area contributed by atoms with Gasteiger partial charge in [0.15, 0.2) is 0 Å². The number of aliphatic carboxylic acids is 1. The van der Waals surface area contributed by atoms with Crippen LogP contribution in [0.4, 0.5) is 0 Å². The minimum absolute atomic E-state index is 0.0635. The Morgan fingerprint density at radius 3 is 2.67 bits per heavy atom. The van der Waals surface area contributed by atoms with Crippen LogP contribution in [0.5, 0.6) is 0 Å². The first-order valence-electron chi connectivity index (χ1n) is 5.21. The Morgan fingerprint density at radius 2 is 2.11 bits per heavy atom. The molecule has 1 amide bonds. The second-order valence-corrected chi connectivity index (χ2v) is 3.74. The molecule has 6 nitrogen and oxygen atoms in total. The van der Waals surface area contributed by atoms with E-state index in [0.29, 0.717) is 17.0 Å². The summed E-state index contributed by atoms with van der Waals surface area (Å²) in [7, 11) is 0. The topological polar surface area (TPSA) is 83.4 Å². The van der Waals surface area contributed by atoms with E-state index in [4.69, 9.17) is 11.5 Å². The van der Waals surface area contributed by atoms with Gasteiger partial charge < -0.3 is 10.0 Å². The van der Waals surface area contributed by atoms with Crippen molar-refractivity contribution >= 4 is 11.9 Å². The molecule has 0 unspecified atom stereocenters. The number of carbonyl (C=O) groups excluding carboxylic acids is 1. The van der Waals surface area contributed by atoms with E-state index in [9.17, 15) is 9.59 Å². The third-order valence-corrected chi connectivity index (χ3v) is 2.23. The zero-order valence-electron chi connectivity index (χ0n) is 10.2. The highest BCUT2D eigenvalue weighted by atomic mass is 16.4. The summed E-state index contributed by atoms with van der Waals surface area (Å²) in [4.78, 5) is 23.9. The van der Waals surface area contributed by atoms with E-state index in [1.165, 1.54) is 0 Å². The fourth-order valence-electron chi connectivity index (χ4n) is 1.41. The number of terminal acetylenes is 1. The molecule has 1 rings (SSSR count). The van der Waals surface area contributed by atoms with Gasteiger partial charge in [0.05, 0.1) is 23.5 Å². The number of nitrogens with zero attached hydrogens (tertiary/aromatic N) is 3. The van der Waals surface area contributed by atoms with Crippen LogP contribution in [0.2, 0.25) is 0 Å². The van der Waals surface area contributed by atoms with Gasteiger partial charge in [-0.1, -0.05) is 5.92 Å². The maximum absolute atomic E-state index is 12.1. The summed E-state index contributed by atoms with van der Waals surface area (Å²) in [6.07, 6.45) is 5.12. The first kappa shape index (κ1) is 13.6. The van der Waals surface area contributed by atoms with Crippen molar-refractivity contribution in [2.24, 2.45) is 0 Å². The smallest absolute Gasteiger partial charge is 0.323 e. The highest BCUT2D eigenvalue weighted by Crippen LogP contribution is 2.09. The maximum Gasteiger partial charge on any atom is 0.323 e. The Labute approximate surface area is 105 Å². The molecule has 0 saturated heterocycles. The number of carboxylic acid groups (broad SMARTS) is 1. The largest absolute Gasteiger partial charge is 0.480 e. The molecule has 0 fully saturated rings. The van der Waals surface area contributed by atoms with Gasteiger partial charge in [0.25, 0.3) is 5.91 Å². The summed E-state index contributed by atoms with van der Waals surface area (Å²) in [6, 6.07) is 1.57. The Balaban J connectivity index is 3.05. The van der Waals surface area contributed by atoms with Gasteiger partial charge >= 0.3 is 5.97 Å². The van der Waals surface area contributed by atoms with Gasteiger partial charge in [-0.25, -0.2) is 0 Å². The lowest BCUT2D eigenvalue weighted by atomic mass is 10.1. The van der Waals surface area contributed by atoms with Crippen LogP contribution < -0.4 is 0 Å². The Kier molecular flexibility index (Phi) is 4.38. The van der Waals surface area contributed by atoms with Gasteiger partial charge in [0, 0.05) is 0 Å². The Hall–Kier alpha value is -2.42. The lowest BCUT2D eigenvalue weighted by Gasteiger charge is -2.18. The molecule has 0 aliphatic rings. The summed E-state index contributed by atoms with van der Waals surface area (Å²) in [5.41, 5.74) is 1.34. The number of hydrogen-bond donors (Lipinski definition) is 1. The molecule has 0 saturated carbocycles. The molecule has 0 bridgehead atoms. The average molecular weight is 247 g/mol. The number of carboxylic acids is 1. The number of aryl methyl sites for hydroxylation is 2. The monoisotopic (exact) mass is 247 g/mol. The zero-order valence-corrected chi connectivity index (χ0v) is 10.2. The van der Waals surface area contributed by atoms with Crippen molar-refractivity contribution in [3.05, 3.63) is 23.0 Å². The second-order valence-electron chi connectivity index (χ2n) is 3.74. The molecule has 6 heteroatoms. The van der Waals surface area contributed by atoms with Crippen molar-refractivity contribution in [2.45, 2.75) is 13.8 Å². The molecule has 1 N–H and O–H groups in total. The second kappa shape index (κ2) is 5.77. The molecule has 1 heterocycles. The molecule has 0 atom stereocenters. The molecule has 94 valence electrons. The average Bonchev–Trinajstić information content (AvgIpc) is 2.30. The molecular weight excluding hydrogens is 234 g/mol. The van der Waals surface area contributed by atoms with Crippen molar-refractivity contribution in [3.63, 3.8) is 0 Å². The van der Waals surface area contributed by atoms with Crippen LogP contribution in [0.25, 0.3) is 0 Å². The zero-order chi connectivity index (χ0) is 13.7. The summed E-state index contributed by atoms with van der Waals surface area (Å²) in [5, 5.41) is 16.4. The van der Waals surface area contributed by atoms with Crippen LogP contribution >= 0.6 is 0 Å². The fraction of sp³-hybridized carbons (Fsp3) is 0.333. The van der Waals surface area contributed by atoms with Gasteiger partial charge in [-0.2, -0.15) is 10.2 Å². The van der Waals surface area contributed by atoms with Crippen molar-refractivity contribution < 1.29 is 14.7 Å². The molecule has 0 aliphatic carbocycles. The van der Waals surface area contributed by atoms with Crippen molar-refractivity contribution in [2.75, 3.05) is 13.1 Å². The van der Waals surface area contributed by atoms with E-state index in [1.54, 1.807) is 19.9 Å². The van der Waals surface area contributed by atoms with E-state index in [1.807, 2.05) is 0 Å². The van der Waals surface area contributed by atoms with Gasteiger partial charge in [0.2, 0.25) is 0 Å². The van der Waals surface area contributed by atoms with Gasteiger partial charge in [0.1, 0.15) is 6.54 Å². The molecule has 0 aliphatic heterocycles. The number of aromatic nitrogens is 2. The lowest BCUT2D eigenvalue weighted by Crippen LogP contribution is -2.36. The van der Waals surface area contributed by atoms with Gasteiger partial charge in [-0.15, -0.1) is 6.42 Å². The van der Waals surface area contributed by atoms with Gasteiger partial charge in [-0.05, 0) is 19.9 Å². The Bertz CT molecular complexity index is 520. The number of amides is 1. The van der Waals surface area contributed by atoms with Crippen molar-refractivity contribution in [3.8, 4) is 12.3 Å². The Morgan fingerprint density at radius 1 is 1.44 bits per heavy atom. The van der Waals surface area contributed by atoms with E-state index in [-0.39, 0.29) is 6.54 Å². The van der Waals surface area contributed by atoms with Crippen molar-refractivity contribution in [1.29, 1.82) is 0 Å². The maximum atomic E-state index is 12.1. The molecule has 0 radical (unpaired) electrons. The molecule has 1 aromatic rings. The van der Waals surface area contributed by atoms with E-state index in [0.717, 1.165) is 4.90 Å².